The number of carboxylic acids is 1. The lowest BCUT2D eigenvalue weighted by Crippen LogP contribution is -2.06. The fourth-order valence-electron chi connectivity index (χ4n) is 1.73. The van der Waals surface area contributed by atoms with Gasteiger partial charge in [-0.05, 0) is 29.7 Å². The third-order valence-electron chi connectivity index (χ3n) is 2.62. The molecule has 4 nitrogen and oxygen atoms in total. The molecule has 0 fully saturated rings. The molecule has 0 radical (unpaired) electrons. The molecule has 0 saturated carbocycles. The normalized spacial score (nSPS) is 15.6. The van der Waals surface area contributed by atoms with Crippen LogP contribution in [-0.2, 0) is 4.74 Å². The molecule has 0 aliphatic carbocycles. The van der Waals surface area contributed by atoms with Crippen LogP contribution < -0.4 is 5.73 Å². The van der Waals surface area contributed by atoms with Crippen molar-refractivity contribution in [2.75, 3.05) is 18.9 Å². The van der Waals surface area contributed by atoms with E-state index in [2.05, 4.69) is 0 Å². The minimum absolute atomic E-state index is 0.157. The maximum Gasteiger partial charge on any atom is 0.337 e. The molecule has 1 aliphatic heterocycles. The first-order chi connectivity index (χ1) is 7.68. The van der Waals surface area contributed by atoms with E-state index in [9.17, 15) is 4.79 Å². The van der Waals surface area contributed by atoms with Crippen molar-refractivity contribution in [2.24, 2.45) is 0 Å². The number of carboxylic acid groups (broad SMARTS) is 1. The van der Waals surface area contributed by atoms with Gasteiger partial charge in [0.05, 0.1) is 18.8 Å². The van der Waals surface area contributed by atoms with Crippen molar-refractivity contribution in [3.63, 3.8) is 0 Å². The van der Waals surface area contributed by atoms with Crippen molar-refractivity contribution in [1.29, 1.82) is 0 Å². The van der Waals surface area contributed by atoms with Crippen molar-refractivity contribution < 1.29 is 14.6 Å². The highest BCUT2D eigenvalue weighted by Gasteiger charge is 2.12. The van der Waals surface area contributed by atoms with Gasteiger partial charge in [0.25, 0.3) is 0 Å². The van der Waals surface area contributed by atoms with Crippen LogP contribution >= 0.6 is 0 Å². The predicted molar refractivity (Wildman–Crippen MR) is 61.2 cm³/mol. The van der Waals surface area contributed by atoms with E-state index in [0.29, 0.717) is 18.9 Å². The average Bonchev–Trinajstić information content (AvgIpc) is 2.30. The van der Waals surface area contributed by atoms with E-state index in [-0.39, 0.29) is 5.56 Å². The summed E-state index contributed by atoms with van der Waals surface area (Å²) in [6, 6.07) is 5.10. The molecule has 1 heterocycles. The van der Waals surface area contributed by atoms with Crippen molar-refractivity contribution in [2.45, 2.75) is 6.42 Å². The molecule has 0 saturated heterocycles. The third-order valence-corrected chi connectivity index (χ3v) is 2.62. The van der Waals surface area contributed by atoms with Gasteiger partial charge < -0.3 is 15.6 Å². The van der Waals surface area contributed by atoms with Crippen molar-refractivity contribution in [1.82, 2.24) is 0 Å². The maximum atomic E-state index is 10.9. The Bertz CT molecular complexity index is 452. The number of hydrogen-bond acceptors (Lipinski definition) is 3. The van der Waals surface area contributed by atoms with Crippen LogP contribution in [0.3, 0.4) is 0 Å². The van der Waals surface area contributed by atoms with E-state index < -0.39 is 5.97 Å². The average molecular weight is 219 g/mol. The second kappa shape index (κ2) is 4.37. The Morgan fingerprint density at radius 1 is 1.44 bits per heavy atom. The number of ether oxygens (including phenoxy) is 1. The molecule has 1 aromatic carbocycles. The molecule has 2 rings (SSSR count). The van der Waals surface area contributed by atoms with E-state index in [0.717, 1.165) is 17.6 Å². The Labute approximate surface area is 93.3 Å². The van der Waals surface area contributed by atoms with Crippen LogP contribution in [0.5, 0.6) is 0 Å². The van der Waals surface area contributed by atoms with Crippen LogP contribution in [0.4, 0.5) is 5.69 Å². The van der Waals surface area contributed by atoms with E-state index in [1.807, 2.05) is 12.1 Å². The summed E-state index contributed by atoms with van der Waals surface area (Å²) in [6.07, 6.45) is 2.78. The zero-order chi connectivity index (χ0) is 11.5. The molecule has 0 aromatic heterocycles. The van der Waals surface area contributed by atoms with Crippen molar-refractivity contribution in [3.8, 4) is 0 Å². The summed E-state index contributed by atoms with van der Waals surface area (Å²) < 4.78 is 5.21. The summed E-state index contributed by atoms with van der Waals surface area (Å²) in [5, 5.41) is 8.96. The van der Waals surface area contributed by atoms with Crippen LogP contribution in [0.25, 0.3) is 5.57 Å². The molecule has 0 spiro atoms. The van der Waals surface area contributed by atoms with Crippen LogP contribution in [-0.4, -0.2) is 24.3 Å². The van der Waals surface area contributed by atoms with Crippen LogP contribution in [0.1, 0.15) is 22.3 Å². The highest BCUT2D eigenvalue weighted by Crippen LogP contribution is 2.24. The maximum absolute atomic E-state index is 10.9. The Balaban J connectivity index is 2.39. The van der Waals surface area contributed by atoms with Gasteiger partial charge >= 0.3 is 5.97 Å². The molecule has 84 valence electrons. The molecule has 1 aromatic rings. The Hall–Kier alpha value is -1.81. The standard InChI is InChI=1S/C12H13NO3/c13-11-2-1-9(7-10(11)12(14)15)8-3-5-16-6-4-8/h1-3,7H,4-6,13H2,(H,14,15). The molecule has 1 aliphatic rings. The van der Waals surface area contributed by atoms with Crippen molar-refractivity contribution in [3.05, 3.63) is 35.4 Å². The number of carbonyl (C=O) groups is 1. The Morgan fingerprint density at radius 3 is 2.88 bits per heavy atom. The molecule has 0 atom stereocenters. The minimum Gasteiger partial charge on any atom is -0.478 e. The molecular weight excluding hydrogens is 206 g/mol. The van der Waals surface area contributed by atoms with Gasteiger partial charge in [-0.2, -0.15) is 0 Å². The number of aromatic carboxylic acids is 1. The number of hydrogen-bond donors (Lipinski definition) is 2. The van der Waals surface area contributed by atoms with E-state index >= 15 is 0 Å². The number of anilines is 1. The van der Waals surface area contributed by atoms with E-state index in [4.69, 9.17) is 15.6 Å². The number of nitrogen functional groups attached to an aromatic ring is 1. The van der Waals surface area contributed by atoms with E-state index in [1.54, 1.807) is 12.1 Å². The van der Waals surface area contributed by atoms with Gasteiger partial charge in [-0.1, -0.05) is 12.1 Å². The molecule has 0 bridgehead atoms. The van der Waals surface area contributed by atoms with Gasteiger partial charge in [0.1, 0.15) is 0 Å². The smallest absolute Gasteiger partial charge is 0.337 e. The second-order valence-corrected chi connectivity index (χ2v) is 3.66. The van der Waals surface area contributed by atoms with Gasteiger partial charge in [0.2, 0.25) is 0 Å². The zero-order valence-electron chi connectivity index (χ0n) is 8.77. The highest BCUT2D eigenvalue weighted by molar-refractivity contribution is 5.94. The predicted octanol–water partition coefficient (Wildman–Crippen LogP) is 1.77. The van der Waals surface area contributed by atoms with Crippen LogP contribution in [0.15, 0.2) is 24.3 Å². The van der Waals surface area contributed by atoms with Gasteiger partial charge in [0.15, 0.2) is 0 Å². The highest BCUT2D eigenvalue weighted by atomic mass is 16.5. The van der Waals surface area contributed by atoms with Crippen LogP contribution in [0.2, 0.25) is 0 Å². The molecular formula is C12H13NO3. The van der Waals surface area contributed by atoms with E-state index in [1.165, 1.54) is 0 Å². The number of nitrogens with two attached hydrogens (primary N) is 1. The molecule has 4 heteroatoms. The Morgan fingerprint density at radius 2 is 2.25 bits per heavy atom. The van der Waals surface area contributed by atoms with Gasteiger partial charge in [0, 0.05) is 5.69 Å². The second-order valence-electron chi connectivity index (χ2n) is 3.66. The zero-order valence-corrected chi connectivity index (χ0v) is 8.77. The summed E-state index contributed by atoms with van der Waals surface area (Å²) in [7, 11) is 0. The largest absolute Gasteiger partial charge is 0.478 e. The van der Waals surface area contributed by atoms with Gasteiger partial charge in [-0.15, -0.1) is 0 Å². The summed E-state index contributed by atoms with van der Waals surface area (Å²) in [6.45, 7) is 1.26. The first-order valence-electron chi connectivity index (χ1n) is 5.08. The fourth-order valence-corrected chi connectivity index (χ4v) is 1.73. The lowest BCUT2D eigenvalue weighted by molar-refractivity contribution is 0.0698. The summed E-state index contributed by atoms with van der Waals surface area (Å²) >= 11 is 0. The topological polar surface area (TPSA) is 72.5 Å². The number of benzene rings is 1. The summed E-state index contributed by atoms with van der Waals surface area (Å²) in [4.78, 5) is 10.9. The number of rotatable bonds is 2. The quantitative estimate of drug-likeness (QED) is 0.743. The van der Waals surface area contributed by atoms with Gasteiger partial charge in [-0.25, -0.2) is 4.79 Å². The summed E-state index contributed by atoms with van der Waals surface area (Å²) in [5.74, 6) is -0.994. The Kier molecular flexibility index (Phi) is 2.92. The SMILES string of the molecule is Nc1ccc(C2=CCOCC2)cc1C(=O)O. The first-order valence-corrected chi connectivity index (χ1v) is 5.08. The monoisotopic (exact) mass is 219 g/mol. The first kappa shape index (κ1) is 10.7. The molecule has 16 heavy (non-hydrogen) atoms. The van der Waals surface area contributed by atoms with Crippen molar-refractivity contribution >= 4 is 17.2 Å². The lowest BCUT2D eigenvalue weighted by atomic mass is 9.99. The molecule has 0 unspecified atom stereocenters. The van der Waals surface area contributed by atoms with Crippen LogP contribution in [0, 0.1) is 0 Å². The lowest BCUT2D eigenvalue weighted by Gasteiger charge is -2.14. The van der Waals surface area contributed by atoms with Gasteiger partial charge in [-0.3, -0.25) is 0 Å². The summed E-state index contributed by atoms with van der Waals surface area (Å²) in [5.41, 5.74) is 8.08. The fraction of sp³-hybridized carbons (Fsp3) is 0.250. The molecule has 0 amide bonds. The third kappa shape index (κ3) is 2.06. The minimum atomic E-state index is -0.994. The molecule has 3 N–H and O–H groups in total.